The average molecular weight is 334 g/mol. The molecule has 1 unspecified atom stereocenters. The topological polar surface area (TPSA) is 108 Å². The number of carbonyl (C=O) groups excluding carboxylic acids is 2. The van der Waals surface area contributed by atoms with Gasteiger partial charge in [0.15, 0.2) is 6.61 Å². The highest BCUT2D eigenvalue weighted by atomic mass is 32.2. The first-order valence-corrected chi connectivity index (χ1v) is 7.62. The van der Waals surface area contributed by atoms with Gasteiger partial charge in [-0.1, -0.05) is 27.4 Å². The van der Waals surface area contributed by atoms with Crippen LogP contribution >= 0.6 is 11.8 Å². The lowest BCUT2D eigenvalue weighted by molar-refractivity contribution is -0.754. The Hall–Kier alpha value is -1.77. The summed E-state index contributed by atoms with van der Waals surface area (Å²) in [5.74, 6) is -1.15. The fourth-order valence-electron chi connectivity index (χ4n) is 1.16. The maximum Gasteiger partial charge on any atom is 0.329 e. The fourth-order valence-corrected chi connectivity index (χ4v) is 2.18. The van der Waals surface area contributed by atoms with Crippen LogP contribution in [0.25, 0.3) is 0 Å². The fraction of sp³-hybridized carbons (Fsp3) is 0.692. The number of esters is 1. The van der Waals surface area contributed by atoms with Crippen LogP contribution < -0.4 is 5.32 Å². The molecule has 0 rings (SSSR count). The first kappa shape index (κ1) is 20.2. The van der Waals surface area contributed by atoms with Crippen molar-refractivity contribution in [1.82, 2.24) is 5.32 Å². The molecule has 22 heavy (non-hydrogen) atoms. The number of carbonyl (C=O) groups is 2. The summed E-state index contributed by atoms with van der Waals surface area (Å²) in [6.45, 7) is 10.9. The SMILES string of the molecule is C=C(SCC(NC(=O)CO[N+](=O)[O-])C(=O)OCC)C(C)(C)C. The molecular formula is C13H22N2O6S. The van der Waals surface area contributed by atoms with Crippen molar-refractivity contribution in [1.29, 1.82) is 0 Å². The zero-order valence-electron chi connectivity index (χ0n) is 13.2. The van der Waals surface area contributed by atoms with Crippen molar-refractivity contribution in [3.8, 4) is 0 Å². The van der Waals surface area contributed by atoms with Crippen LogP contribution in [0.4, 0.5) is 0 Å². The van der Waals surface area contributed by atoms with Gasteiger partial charge in [-0.2, -0.15) is 0 Å². The Bertz CT molecular complexity index is 433. The summed E-state index contributed by atoms with van der Waals surface area (Å²) in [5.41, 5.74) is -0.150. The van der Waals surface area contributed by atoms with Crippen molar-refractivity contribution in [2.75, 3.05) is 19.0 Å². The minimum Gasteiger partial charge on any atom is -0.464 e. The summed E-state index contributed by atoms with van der Waals surface area (Å²) in [6, 6.07) is -0.924. The molecule has 0 spiro atoms. The van der Waals surface area contributed by atoms with Crippen molar-refractivity contribution in [2.24, 2.45) is 5.41 Å². The summed E-state index contributed by atoms with van der Waals surface area (Å²) in [6.07, 6.45) is 0. The molecule has 0 aliphatic carbocycles. The van der Waals surface area contributed by atoms with E-state index < -0.39 is 29.6 Å². The molecule has 0 saturated heterocycles. The van der Waals surface area contributed by atoms with Gasteiger partial charge >= 0.3 is 5.97 Å². The van der Waals surface area contributed by atoms with Crippen molar-refractivity contribution in [2.45, 2.75) is 33.7 Å². The number of nitrogens with one attached hydrogen (secondary N) is 1. The molecule has 0 aliphatic rings. The third-order valence-electron chi connectivity index (χ3n) is 2.47. The van der Waals surface area contributed by atoms with Gasteiger partial charge in [0.05, 0.1) is 6.61 Å². The Morgan fingerprint density at radius 2 is 2.00 bits per heavy atom. The second kappa shape index (κ2) is 9.29. The van der Waals surface area contributed by atoms with Crippen LogP contribution in [0.15, 0.2) is 11.5 Å². The number of rotatable bonds is 9. The van der Waals surface area contributed by atoms with E-state index in [9.17, 15) is 19.7 Å². The van der Waals surface area contributed by atoms with Gasteiger partial charge in [0.25, 0.3) is 5.09 Å². The Kier molecular flexibility index (Phi) is 8.54. The smallest absolute Gasteiger partial charge is 0.329 e. The minimum atomic E-state index is -1.07. The van der Waals surface area contributed by atoms with Gasteiger partial charge < -0.3 is 14.9 Å². The Morgan fingerprint density at radius 3 is 2.45 bits per heavy atom. The highest BCUT2D eigenvalue weighted by Crippen LogP contribution is 2.33. The molecular weight excluding hydrogens is 312 g/mol. The number of ether oxygens (including phenoxy) is 1. The Balaban J connectivity index is 4.63. The predicted octanol–water partition coefficient (Wildman–Crippen LogP) is 1.54. The normalized spacial score (nSPS) is 12.2. The summed E-state index contributed by atoms with van der Waals surface area (Å²) in [5, 5.41) is 11.3. The van der Waals surface area contributed by atoms with Gasteiger partial charge in [-0.15, -0.1) is 21.9 Å². The van der Waals surface area contributed by atoms with E-state index in [-0.39, 0.29) is 17.8 Å². The first-order chi connectivity index (χ1) is 10.1. The molecule has 0 fully saturated rings. The van der Waals surface area contributed by atoms with E-state index in [1.165, 1.54) is 11.8 Å². The van der Waals surface area contributed by atoms with Gasteiger partial charge in [0.1, 0.15) is 6.04 Å². The van der Waals surface area contributed by atoms with E-state index in [0.29, 0.717) is 0 Å². The number of hydrogen-bond donors (Lipinski definition) is 1. The molecule has 0 heterocycles. The van der Waals surface area contributed by atoms with Crippen molar-refractivity contribution >= 4 is 23.6 Å². The molecule has 0 aliphatic heterocycles. The number of thioether (sulfide) groups is 1. The van der Waals surface area contributed by atoms with Crippen molar-refractivity contribution in [3.63, 3.8) is 0 Å². The standard InChI is InChI=1S/C13H22N2O6S/c1-6-20-12(17)10(8-22-9(2)13(3,4)5)14-11(16)7-21-15(18)19/h10H,2,6-8H2,1,3-5H3,(H,14,16). The number of hydrogen-bond acceptors (Lipinski definition) is 7. The zero-order chi connectivity index (χ0) is 17.3. The number of amides is 1. The van der Waals surface area contributed by atoms with Gasteiger partial charge in [-0.3, -0.25) is 4.79 Å². The molecule has 0 saturated carbocycles. The largest absolute Gasteiger partial charge is 0.464 e. The lowest BCUT2D eigenvalue weighted by Gasteiger charge is -2.23. The van der Waals surface area contributed by atoms with Gasteiger partial charge in [0.2, 0.25) is 5.91 Å². The highest BCUT2D eigenvalue weighted by molar-refractivity contribution is 8.03. The summed E-state index contributed by atoms with van der Waals surface area (Å²) < 4.78 is 4.88. The quantitative estimate of drug-likeness (QED) is 0.387. The van der Waals surface area contributed by atoms with Crippen LogP contribution in [0.3, 0.4) is 0 Å². The molecule has 0 aromatic heterocycles. The molecule has 0 aromatic carbocycles. The molecule has 1 N–H and O–H groups in total. The predicted molar refractivity (Wildman–Crippen MR) is 82.6 cm³/mol. The Morgan fingerprint density at radius 1 is 1.41 bits per heavy atom. The molecule has 9 heteroatoms. The van der Waals surface area contributed by atoms with Crippen LogP contribution in [0.5, 0.6) is 0 Å². The molecule has 1 atom stereocenters. The van der Waals surface area contributed by atoms with Gasteiger partial charge in [0, 0.05) is 5.75 Å². The molecule has 0 aromatic rings. The number of nitrogens with zero attached hydrogens (tertiary/aromatic N) is 1. The Labute approximate surface area is 133 Å². The lowest BCUT2D eigenvalue weighted by Crippen LogP contribution is -2.45. The second-order valence-corrected chi connectivity index (χ2v) is 6.47. The van der Waals surface area contributed by atoms with Crippen LogP contribution in [-0.4, -0.2) is 42.0 Å². The van der Waals surface area contributed by atoms with Crippen LogP contribution in [0.1, 0.15) is 27.7 Å². The van der Waals surface area contributed by atoms with Crippen molar-refractivity contribution in [3.05, 3.63) is 21.6 Å². The molecule has 126 valence electrons. The molecule has 0 bridgehead atoms. The van der Waals surface area contributed by atoms with Crippen LogP contribution in [0, 0.1) is 15.5 Å². The van der Waals surface area contributed by atoms with Crippen LogP contribution in [-0.2, 0) is 19.2 Å². The lowest BCUT2D eigenvalue weighted by atomic mass is 9.97. The summed E-state index contributed by atoms with van der Waals surface area (Å²) in [4.78, 5) is 38.2. The highest BCUT2D eigenvalue weighted by Gasteiger charge is 2.25. The average Bonchev–Trinajstić information content (AvgIpc) is 2.39. The van der Waals surface area contributed by atoms with Gasteiger partial charge in [-0.25, -0.2) is 4.79 Å². The van der Waals surface area contributed by atoms with Crippen LogP contribution in [0.2, 0.25) is 0 Å². The van der Waals surface area contributed by atoms with E-state index in [4.69, 9.17) is 4.74 Å². The third-order valence-corrected chi connectivity index (χ3v) is 3.93. The monoisotopic (exact) mass is 334 g/mol. The molecule has 8 nitrogen and oxygen atoms in total. The van der Waals surface area contributed by atoms with E-state index in [2.05, 4.69) is 16.7 Å². The number of allylic oxidation sites excluding steroid dienone is 1. The summed E-state index contributed by atoms with van der Waals surface area (Å²) in [7, 11) is 0. The summed E-state index contributed by atoms with van der Waals surface area (Å²) >= 11 is 1.33. The molecule has 1 amide bonds. The second-order valence-electron chi connectivity index (χ2n) is 5.35. The third kappa shape index (κ3) is 8.50. The molecule has 0 radical (unpaired) electrons. The van der Waals surface area contributed by atoms with E-state index in [1.54, 1.807) is 6.92 Å². The van der Waals surface area contributed by atoms with Gasteiger partial charge in [-0.05, 0) is 17.2 Å². The van der Waals surface area contributed by atoms with E-state index in [0.717, 1.165) is 4.91 Å². The van der Waals surface area contributed by atoms with E-state index >= 15 is 0 Å². The first-order valence-electron chi connectivity index (χ1n) is 6.63. The maximum absolute atomic E-state index is 11.8. The maximum atomic E-state index is 11.8. The minimum absolute atomic E-state index is 0.150. The zero-order valence-corrected chi connectivity index (χ0v) is 14.0. The van der Waals surface area contributed by atoms with Crippen molar-refractivity contribution < 1.29 is 24.3 Å². The van der Waals surface area contributed by atoms with E-state index in [1.807, 2.05) is 20.8 Å².